The molecule has 0 bridgehead atoms. The fourth-order valence-corrected chi connectivity index (χ4v) is 3.97. The lowest BCUT2D eigenvalue weighted by Gasteiger charge is -2.09. The van der Waals surface area contributed by atoms with E-state index in [0.29, 0.717) is 22.7 Å². The van der Waals surface area contributed by atoms with Crippen LogP contribution in [0.15, 0.2) is 78.9 Å². The van der Waals surface area contributed by atoms with Crippen molar-refractivity contribution in [3.63, 3.8) is 0 Å². The van der Waals surface area contributed by atoms with Crippen LogP contribution in [0.5, 0.6) is 0 Å². The standard InChI is InChI=1S/C27H26ClN3O2/c28-22-16-14-21(15-17-22)27(33)29-18-8-2-5-13-26-30-23-11-6-7-12-24(23)31(26)19-25(32)20-9-3-1-4-10-20/h1,3-4,6-7,9-12,14-17H,2,5,8,13,18-19H2,(H,29,33). The van der Waals surface area contributed by atoms with Gasteiger partial charge in [0.25, 0.3) is 5.91 Å². The van der Waals surface area contributed by atoms with Crippen LogP contribution in [0.3, 0.4) is 0 Å². The Kier molecular flexibility index (Phi) is 7.53. The number of fused-ring (bicyclic) bond motifs is 1. The van der Waals surface area contributed by atoms with Crippen molar-refractivity contribution in [2.45, 2.75) is 32.2 Å². The molecule has 0 aliphatic rings. The largest absolute Gasteiger partial charge is 0.352 e. The molecule has 4 aromatic rings. The number of amides is 1. The van der Waals surface area contributed by atoms with Gasteiger partial charge in [-0.3, -0.25) is 9.59 Å². The van der Waals surface area contributed by atoms with Crippen LogP contribution in [0.4, 0.5) is 0 Å². The van der Waals surface area contributed by atoms with E-state index >= 15 is 0 Å². The maximum absolute atomic E-state index is 12.8. The van der Waals surface area contributed by atoms with Crippen LogP contribution in [0.2, 0.25) is 5.02 Å². The first kappa shape index (κ1) is 22.7. The number of nitrogens with one attached hydrogen (secondary N) is 1. The van der Waals surface area contributed by atoms with E-state index in [1.807, 2.05) is 59.2 Å². The Morgan fingerprint density at radius 3 is 2.33 bits per heavy atom. The van der Waals surface area contributed by atoms with E-state index in [0.717, 1.165) is 42.5 Å². The van der Waals surface area contributed by atoms with Crippen molar-refractivity contribution in [1.82, 2.24) is 14.9 Å². The summed E-state index contributed by atoms with van der Waals surface area (Å²) in [6.07, 6.45) is 3.54. The van der Waals surface area contributed by atoms with Crippen molar-refractivity contribution in [1.29, 1.82) is 0 Å². The van der Waals surface area contributed by atoms with E-state index in [4.69, 9.17) is 16.6 Å². The van der Waals surface area contributed by atoms with E-state index in [-0.39, 0.29) is 18.2 Å². The van der Waals surface area contributed by atoms with Gasteiger partial charge in [0.2, 0.25) is 0 Å². The fraction of sp³-hybridized carbons (Fsp3) is 0.222. The van der Waals surface area contributed by atoms with Gasteiger partial charge in [0.05, 0.1) is 17.6 Å². The number of aryl methyl sites for hydroxylation is 1. The summed E-state index contributed by atoms with van der Waals surface area (Å²) in [6.45, 7) is 0.890. The van der Waals surface area contributed by atoms with Crippen LogP contribution in [-0.4, -0.2) is 27.8 Å². The molecule has 0 atom stereocenters. The molecule has 1 aromatic heterocycles. The second-order valence-corrected chi connectivity index (χ2v) is 8.40. The molecule has 0 aliphatic heterocycles. The molecule has 0 radical (unpaired) electrons. The first-order valence-corrected chi connectivity index (χ1v) is 11.6. The number of rotatable bonds is 10. The highest BCUT2D eigenvalue weighted by atomic mass is 35.5. The average molecular weight is 460 g/mol. The van der Waals surface area contributed by atoms with Gasteiger partial charge >= 0.3 is 0 Å². The minimum absolute atomic E-state index is 0.0740. The normalized spacial score (nSPS) is 10.9. The van der Waals surface area contributed by atoms with Gasteiger partial charge in [-0.15, -0.1) is 0 Å². The molecule has 168 valence electrons. The smallest absolute Gasteiger partial charge is 0.251 e. The molecule has 33 heavy (non-hydrogen) atoms. The number of carbonyl (C=O) groups is 2. The predicted molar refractivity (Wildman–Crippen MR) is 132 cm³/mol. The average Bonchev–Trinajstić information content (AvgIpc) is 3.19. The van der Waals surface area contributed by atoms with Crippen molar-refractivity contribution in [2.75, 3.05) is 6.54 Å². The van der Waals surface area contributed by atoms with E-state index in [1.165, 1.54) is 0 Å². The maximum Gasteiger partial charge on any atom is 0.251 e. The van der Waals surface area contributed by atoms with Crippen LogP contribution in [0.1, 0.15) is 45.8 Å². The number of aromatic nitrogens is 2. The van der Waals surface area contributed by atoms with Gasteiger partial charge in [0, 0.05) is 29.1 Å². The van der Waals surface area contributed by atoms with E-state index in [2.05, 4.69) is 5.32 Å². The lowest BCUT2D eigenvalue weighted by atomic mass is 10.1. The number of halogens is 1. The zero-order chi connectivity index (χ0) is 23.0. The van der Waals surface area contributed by atoms with Crippen LogP contribution >= 0.6 is 11.6 Å². The van der Waals surface area contributed by atoms with Crippen molar-refractivity contribution in [3.05, 3.63) is 101 Å². The van der Waals surface area contributed by atoms with Crippen LogP contribution < -0.4 is 5.32 Å². The number of benzene rings is 3. The second-order valence-electron chi connectivity index (χ2n) is 7.97. The number of imidazole rings is 1. The van der Waals surface area contributed by atoms with Gasteiger partial charge in [-0.25, -0.2) is 4.98 Å². The SMILES string of the molecule is O=C(Cn1c(CCCCCNC(=O)c2ccc(Cl)cc2)nc2ccccc21)c1ccccc1. The van der Waals surface area contributed by atoms with E-state index < -0.39 is 0 Å². The molecular formula is C27H26ClN3O2. The highest BCUT2D eigenvalue weighted by Gasteiger charge is 2.14. The molecule has 0 fully saturated rings. The Bertz CT molecular complexity index is 1230. The summed E-state index contributed by atoms with van der Waals surface area (Å²) in [5.41, 5.74) is 3.20. The number of nitrogens with zero attached hydrogens (tertiary/aromatic N) is 2. The molecule has 1 amide bonds. The number of unbranched alkanes of at least 4 members (excludes halogenated alkanes) is 2. The van der Waals surface area contributed by atoms with Gasteiger partial charge < -0.3 is 9.88 Å². The first-order chi connectivity index (χ1) is 16.1. The van der Waals surface area contributed by atoms with E-state index in [9.17, 15) is 9.59 Å². The third kappa shape index (κ3) is 5.88. The van der Waals surface area contributed by atoms with Crippen molar-refractivity contribution >= 4 is 34.3 Å². The summed E-state index contributed by atoms with van der Waals surface area (Å²) in [7, 11) is 0. The predicted octanol–water partition coefficient (Wildman–Crippen LogP) is 5.72. The van der Waals surface area contributed by atoms with Gasteiger partial charge in [-0.05, 0) is 49.2 Å². The zero-order valence-corrected chi connectivity index (χ0v) is 19.1. The maximum atomic E-state index is 12.8. The summed E-state index contributed by atoms with van der Waals surface area (Å²) in [4.78, 5) is 29.8. The van der Waals surface area contributed by atoms with Crippen molar-refractivity contribution in [2.24, 2.45) is 0 Å². The molecule has 0 saturated carbocycles. The minimum Gasteiger partial charge on any atom is -0.352 e. The van der Waals surface area contributed by atoms with Crippen LogP contribution in [0.25, 0.3) is 11.0 Å². The number of hydrogen-bond donors (Lipinski definition) is 1. The molecule has 0 unspecified atom stereocenters. The fourth-order valence-electron chi connectivity index (χ4n) is 3.84. The Hall–Kier alpha value is -3.44. The first-order valence-electron chi connectivity index (χ1n) is 11.2. The molecule has 1 heterocycles. The van der Waals surface area contributed by atoms with Crippen LogP contribution in [-0.2, 0) is 13.0 Å². The summed E-state index contributed by atoms with van der Waals surface area (Å²) in [5.74, 6) is 0.906. The Morgan fingerprint density at radius 2 is 1.55 bits per heavy atom. The van der Waals surface area contributed by atoms with Crippen molar-refractivity contribution < 1.29 is 9.59 Å². The number of para-hydroxylation sites is 2. The molecule has 4 rings (SSSR count). The highest BCUT2D eigenvalue weighted by Crippen LogP contribution is 2.19. The number of hydrogen-bond acceptors (Lipinski definition) is 3. The van der Waals surface area contributed by atoms with Gasteiger partial charge in [-0.2, -0.15) is 0 Å². The number of Topliss-reactive ketones (excluding diaryl/α,β-unsaturated/α-hetero) is 1. The summed E-state index contributed by atoms with van der Waals surface area (Å²) < 4.78 is 2.03. The number of carbonyl (C=O) groups excluding carboxylic acids is 2. The zero-order valence-electron chi connectivity index (χ0n) is 18.3. The Labute approximate surface area is 198 Å². The molecule has 5 nitrogen and oxygen atoms in total. The van der Waals surface area contributed by atoms with Gasteiger partial charge in [0.1, 0.15) is 5.82 Å². The molecule has 0 saturated heterocycles. The summed E-state index contributed by atoms with van der Waals surface area (Å²) >= 11 is 5.87. The molecular weight excluding hydrogens is 434 g/mol. The quantitative estimate of drug-likeness (QED) is 0.244. The summed E-state index contributed by atoms with van der Waals surface area (Å²) in [6, 6.07) is 24.2. The lowest BCUT2D eigenvalue weighted by Crippen LogP contribution is -2.24. The summed E-state index contributed by atoms with van der Waals surface area (Å²) in [5, 5.41) is 3.56. The molecule has 6 heteroatoms. The molecule has 0 aliphatic carbocycles. The van der Waals surface area contributed by atoms with Gasteiger partial charge in [0.15, 0.2) is 5.78 Å². The monoisotopic (exact) mass is 459 g/mol. The van der Waals surface area contributed by atoms with Crippen molar-refractivity contribution in [3.8, 4) is 0 Å². The number of ketones is 1. The lowest BCUT2D eigenvalue weighted by molar-refractivity contribution is 0.0950. The molecule has 3 aromatic carbocycles. The molecule has 0 spiro atoms. The van der Waals surface area contributed by atoms with E-state index in [1.54, 1.807) is 24.3 Å². The minimum atomic E-state index is -0.0899. The second kappa shape index (κ2) is 10.9. The third-order valence-corrected chi connectivity index (χ3v) is 5.85. The Morgan fingerprint density at radius 1 is 0.818 bits per heavy atom. The third-order valence-electron chi connectivity index (χ3n) is 5.60. The van der Waals surface area contributed by atoms with Crippen LogP contribution in [0, 0.1) is 0 Å². The highest BCUT2D eigenvalue weighted by molar-refractivity contribution is 6.30. The molecule has 1 N–H and O–H groups in total. The topological polar surface area (TPSA) is 64.0 Å². The Balaban J connectivity index is 1.32. The van der Waals surface area contributed by atoms with Gasteiger partial charge in [-0.1, -0.05) is 60.5 Å².